The van der Waals surface area contributed by atoms with Crippen molar-refractivity contribution in [2.45, 2.75) is 83.2 Å². The van der Waals surface area contributed by atoms with Gasteiger partial charge in [0.25, 0.3) is 8.18 Å². The first kappa shape index (κ1) is 28.4. The number of ether oxygens (including phenoxy) is 4. The average molecular weight is 551 g/mol. The lowest BCUT2D eigenvalue weighted by molar-refractivity contribution is -0.203. The highest BCUT2D eigenvalue weighted by Gasteiger charge is 2.65. The van der Waals surface area contributed by atoms with Crippen LogP contribution in [-0.2, 0) is 38.4 Å². The van der Waals surface area contributed by atoms with E-state index in [0.29, 0.717) is 17.8 Å². The highest BCUT2D eigenvalue weighted by Crippen LogP contribution is 2.49. The maximum absolute atomic E-state index is 12.7. The molecule has 2 saturated heterocycles. The maximum Gasteiger partial charge on any atom is 0.323 e. The second-order valence-corrected chi connectivity index (χ2v) is 11.1. The van der Waals surface area contributed by atoms with Crippen LogP contribution in [-0.4, -0.2) is 63.9 Å². The number of nitrogens with one attached hydrogen (secondary N) is 1. The first-order valence-electron chi connectivity index (χ1n) is 12.7. The quantitative estimate of drug-likeness (QED) is 0.309. The normalized spacial score (nSPS) is 27.8. The van der Waals surface area contributed by atoms with E-state index < -0.39 is 49.9 Å². The molecule has 2 aliphatic rings. The minimum Gasteiger partial charge on any atom is -0.464 e. The van der Waals surface area contributed by atoms with E-state index in [4.69, 9.17) is 29.2 Å². The number of nitrogen functional groups attached to an aromatic ring is 1. The van der Waals surface area contributed by atoms with Crippen LogP contribution in [0.5, 0.6) is 0 Å². The van der Waals surface area contributed by atoms with Crippen LogP contribution >= 0.6 is 8.18 Å². The molecule has 0 radical (unpaired) electrons. The van der Waals surface area contributed by atoms with Gasteiger partial charge in [-0.2, -0.15) is 10.4 Å². The summed E-state index contributed by atoms with van der Waals surface area (Å²) in [6.45, 7) is 9.25. The zero-order valence-electron chi connectivity index (χ0n) is 22.2. The zero-order valence-corrected chi connectivity index (χ0v) is 23.2. The van der Waals surface area contributed by atoms with Crippen LogP contribution in [0.15, 0.2) is 18.5 Å². The fourth-order valence-corrected chi connectivity index (χ4v) is 5.62. The Balaban J connectivity index is 1.46. The van der Waals surface area contributed by atoms with Crippen molar-refractivity contribution >= 4 is 25.5 Å². The van der Waals surface area contributed by atoms with Crippen LogP contribution in [0.1, 0.15) is 53.2 Å². The molecule has 0 aromatic carbocycles. The van der Waals surface area contributed by atoms with Crippen molar-refractivity contribution in [1.29, 1.82) is 5.26 Å². The molecule has 4 heterocycles. The number of carbonyl (C=O) groups excluding carboxylic acids is 1. The Bertz CT molecular complexity index is 1230. The Morgan fingerprint density at radius 1 is 1.32 bits per heavy atom. The molecule has 0 spiro atoms. The van der Waals surface area contributed by atoms with E-state index in [-0.39, 0.29) is 18.3 Å². The molecule has 2 aliphatic heterocycles. The van der Waals surface area contributed by atoms with Crippen molar-refractivity contribution in [3.05, 3.63) is 24.2 Å². The summed E-state index contributed by atoms with van der Waals surface area (Å²) in [7, 11) is -2.86. The molecule has 0 amide bonds. The number of fused-ring (bicyclic) bond motifs is 2. The number of hydrogen-bond donors (Lipinski definition) is 2. The molecule has 208 valence electrons. The van der Waals surface area contributed by atoms with Crippen LogP contribution in [0.4, 0.5) is 5.82 Å². The summed E-state index contributed by atoms with van der Waals surface area (Å²) in [6.07, 6.45) is 0.751. The molecule has 6 atom stereocenters. The number of nitriles is 1. The van der Waals surface area contributed by atoms with Crippen LogP contribution in [0.2, 0.25) is 0 Å². The summed E-state index contributed by atoms with van der Waals surface area (Å²) in [5.74, 6) is -0.979. The Morgan fingerprint density at radius 2 is 2.05 bits per heavy atom. The summed E-state index contributed by atoms with van der Waals surface area (Å²) in [5, 5.41) is 17.3. The van der Waals surface area contributed by atoms with E-state index in [0.717, 1.165) is 12.8 Å². The van der Waals surface area contributed by atoms with Gasteiger partial charge >= 0.3 is 5.97 Å². The van der Waals surface area contributed by atoms with Gasteiger partial charge in [0.15, 0.2) is 11.6 Å². The topological polar surface area (TPSA) is 172 Å². The second-order valence-electron chi connectivity index (χ2n) is 9.96. The fourth-order valence-electron chi connectivity index (χ4n) is 4.75. The maximum atomic E-state index is 12.7. The summed E-state index contributed by atoms with van der Waals surface area (Å²) in [6, 6.07) is 4.79. The van der Waals surface area contributed by atoms with Gasteiger partial charge in [-0.3, -0.25) is 9.36 Å². The molecule has 2 aromatic heterocycles. The number of rotatable bonds is 11. The standard InChI is InChI=1S/C24H35N6O7P/c1-6-15(7-2)10-33-22(31)14(3)29-38(32)34-11-17-19-20(37-23(4,5)36-19)24(12-25,35-17)18-9-8-16-21(26)27-13-28-30(16)18/h8-9,13-15,17,19-20,38H,6-7,10-11H2,1-5H3,(H,29,32)(H2,26,27,28)/t14-,17+,19+,20+,24-/m0/s1. The number of carbonyl (C=O) groups is 1. The Morgan fingerprint density at radius 3 is 2.74 bits per heavy atom. The molecule has 14 heteroatoms. The smallest absolute Gasteiger partial charge is 0.323 e. The van der Waals surface area contributed by atoms with E-state index in [9.17, 15) is 14.6 Å². The Hall–Kier alpha value is -2.59. The van der Waals surface area contributed by atoms with Gasteiger partial charge in [-0.1, -0.05) is 26.7 Å². The lowest BCUT2D eigenvalue weighted by Gasteiger charge is -2.29. The number of nitrogens with zero attached hydrogens (tertiary/aromatic N) is 4. The summed E-state index contributed by atoms with van der Waals surface area (Å²) >= 11 is 0. The predicted molar refractivity (Wildman–Crippen MR) is 136 cm³/mol. The number of esters is 1. The largest absolute Gasteiger partial charge is 0.464 e. The Kier molecular flexibility index (Phi) is 8.42. The van der Waals surface area contributed by atoms with Crippen molar-refractivity contribution < 1.29 is 32.8 Å². The molecule has 38 heavy (non-hydrogen) atoms. The van der Waals surface area contributed by atoms with Gasteiger partial charge in [0, 0.05) is 0 Å². The van der Waals surface area contributed by atoms with Crippen LogP contribution in [0.25, 0.3) is 5.52 Å². The van der Waals surface area contributed by atoms with Gasteiger partial charge < -0.3 is 29.2 Å². The summed E-state index contributed by atoms with van der Waals surface area (Å²) < 4.78 is 43.5. The van der Waals surface area contributed by atoms with Crippen molar-refractivity contribution in [1.82, 2.24) is 19.7 Å². The van der Waals surface area contributed by atoms with E-state index in [1.807, 2.05) is 13.8 Å². The molecule has 2 fully saturated rings. The summed E-state index contributed by atoms with van der Waals surface area (Å²) in [4.78, 5) is 16.3. The monoisotopic (exact) mass is 550 g/mol. The van der Waals surface area contributed by atoms with Crippen molar-refractivity contribution in [3.8, 4) is 6.07 Å². The minimum atomic E-state index is -2.86. The molecule has 2 aromatic rings. The van der Waals surface area contributed by atoms with Gasteiger partial charge in [-0.15, -0.1) is 0 Å². The van der Waals surface area contributed by atoms with Gasteiger partial charge in [0.1, 0.15) is 42.3 Å². The van der Waals surface area contributed by atoms with E-state index in [1.54, 1.807) is 32.9 Å². The highest BCUT2D eigenvalue weighted by molar-refractivity contribution is 7.36. The minimum absolute atomic E-state index is 0.176. The molecular weight excluding hydrogens is 515 g/mol. The molecule has 13 nitrogen and oxygen atoms in total. The third-order valence-electron chi connectivity index (χ3n) is 6.94. The van der Waals surface area contributed by atoms with Crippen LogP contribution < -0.4 is 10.8 Å². The second kappa shape index (κ2) is 11.3. The SMILES string of the molecule is CCC(CC)COC(=O)[C@H](C)N[PH](=O)OC[C@H]1O[C@@](C#N)(c2ccc3c(N)ncnn23)[C@@H]2OC(C)(C)O[C@@H]21. The molecule has 0 bridgehead atoms. The van der Waals surface area contributed by atoms with Crippen molar-refractivity contribution in [2.75, 3.05) is 18.9 Å². The van der Waals surface area contributed by atoms with Gasteiger partial charge in [0.2, 0.25) is 5.60 Å². The fraction of sp³-hybridized carbons (Fsp3) is 0.667. The molecular formula is C24H35N6O7P. The number of anilines is 1. The first-order valence-corrected chi connectivity index (χ1v) is 14.0. The highest BCUT2D eigenvalue weighted by atomic mass is 31.1. The third kappa shape index (κ3) is 5.43. The lowest BCUT2D eigenvalue weighted by Crippen LogP contribution is -2.40. The lowest BCUT2D eigenvalue weighted by atomic mass is 9.92. The average Bonchev–Trinajstić information content (AvgIpc) is 3.54. The number of hydrogen-bond acceptors (Lipinski definition) is 11. The van der Waals surface area contributed by atoms with Crippen molar-refractivity contribution in [3.63, 3.8) is 0 Å². The van der Waals surface area contributed by atoms with Gasteiger partial charge in [-0.05, 0) is 38.8 Å². The van der Waals surface area contributed by atoms with E-state index in [2.05, 4.69) is 21.2 Å². The summed E-state index contributed by atoms with van der Waals surface area (Å²) in [5.41, 5.74) is 5.26. The van der Waals surface area contributed by atoms with Gasteiger partial charge in [-0.25, -0.2) is 14.6 Å². The molecule has 3 N–H and O–H groups in total. The molecule has 1 unspecified atom stereocenters. The number of nitrogens with two attached hydrogens (primary N) is 1. The van der Waals surface area contributed by atoms with Crippen molar-refractivity contribution in [2.24, 2.45) is 5.92 Å². The first-order chi connectivity index (χ1) is 18.0. The zero-order chi connectivity index (χ0) is 27.7. The number of aromatic nitrogens is 3. The van der Waals surface area contributed by atoms with Gasteiger partial charge in [0.05, 0.1) is 18.9 Å². The van der Waals surface area contributed by atoms with Crippen LogP contribution in [0, 0.1) is 17.2 Å². The van der Waals surface area contributed by atoms with Crippen LogP contribution in [0.3, 0.4) is 0 Å². The Labute approximate surface area is 221 Å². The third-order valence-corrected chi connectivity index (χ3v) is 8.04. The predicted octanol–water partition coefficient (Wildman–Crippen LogP) is 2.31. The molecule has 0 aliphatic carbocycles. The molecule has 4 rings (SSSR count). The molecule has 0 saturated carbocycles. The van der Waals surface area contributed by atoms with E-state index >= 15 is 0 Å². The van der Waals surface area contributed by atoms with E-state index in [1.165, 1.54) is 10.8 Å².